The lowest BCUT2D eigenvalue weighted by Gasteiger charge is -2.29. The highest BCUT2D eigenvalue weighted by molar-refractivity contribution is 5.87. The molecule has 0 heterocycles. The maximum atomic E-state index is 12.5. The summed E-state index contributed by atoms with van der Waals surface area (Å²) >= 11 is 0. The van der Waals surface area contributed by atoms with Gasteiger partial charge in [0.25, 0.3) is 0 Å². The highest BCUT2D eigenvalue weighted by Crippen LogP contribution is 2.35. The van der Waals surface area contributed by atoms with Crippen LogP contribution in [0.5, 0.6) is 0 Å². The highest BCUT2D eigenvalue weighted by Gasteiger charge is 2.37. The molecule has 0 aromatic carbocycles. The van der Waals surface area contributed by atoms with E-state index in [2.05, 4.69) is 13.8 Å². The molecule has 4 N–H and O–H groups in total. The van der Waals surface area contributed by atoms with Crippen LogP contribution in [0.3, 0.4) is 0 Å². The van der Waals surface area contributed by atoms with Gasteiger partial charge in [-0.1, -0.05) is 181 Å². The van der Waals surface area contributed by atoms with Crippen LogP contribution in [0.15, 0.2) is 0 Å². The van der Waals surface area contributed by atoms with Gasteiger partial charge in [-0.15, -0.1) is 0 Å². The molecule has 0 rings (SSSR count). The Morgan fingerprint density at radius 3 is 0.868 bits per heavy atom. The molecule has 4 heteroatoms. The van der Waals surface area contributed by atoms with E-state index >= 15 is 0 Å². The lowest BCUT2D eigenvalue weighted by molar-refractivity contribution is -0.134. The van der Waals surface area contributed by atoms with Crippen LogP contribution >= 0.6 is 0 Å². The van der Waals surface area contributed by atoms with Crippen LogP contribution in [0.2, 0.25) is 0 Å². The second-order valence-corrected chi connectivity index (χ2v) is 12.3. The molecule has 226 valence electrons. The Morgan fingerprint density at radius 2 is 0.658 bits per heavy atom. The SMILES string of the molecule is CCCCCCCCCCCCCCCCCCC(CCCCCCCCCCCC)(CC(N)=O)C(N)=O. The number of hydrogen-bond acceptors (Lipinski definition) is 2. The van der Waals surface area contributed by atoms with Gasteiger partial charge in [-0.25, -0.2) is 0 Å². The van der Waals surface area contributed by atoms with Crippen molar-refractivity contribution in [3.63, 3.8) is 0 Å². The lowest BCUT2D eigenvalue weighted by Crippen LogP contribution is -2.40. The number of nitrogens with two attached hydrogens (primary N) is 2. The number of primary amides is 2. The summed E-state index contributed by atoms with van der Waals surface area (Å²) in [4.78, 5) is 24.2. The molecule has 0 saturated heterocycles. The number of rotatable bonds is 31. The molecule has 0 aromatic rings. The lowest BCUT2D eigenvalue weighted by atomic mass is 9.74. The van der Waals surface area contributed by atoms with Gasteiger partial charge in [0.2, 0.25) is 11.8 Å². The van der Waals surface area contributed by atoms with Crippen molar-refractivity contribution in [1.82, 2.24) is 0 Å². The van der Waals surface area contributed by atoms with E-state index in [1.165, 1.54) is 141 Å². The molecule has 0 spiro atoms. The van der Waals surface area contributed by atoms with Crippen molar-refractivity contribution in [2.45, 2.75) is 200 Å². The first-order valence-corrected chi connectivity index (χ1v) is 17.1. The molecule has 0 saturated carbocycles. The summed E-state index contributed by atoms with van der Waals surface area (Å²) in [6.07, 6.45) is 35.4. The number of carbonyl (C=O) groups is 2. The van der Waals surface area contributed by atoms with Gasteiger partial charge in [0, 0.05) is 6.42 Å². The fraction of sp³-hybridized carbons (Fsp3) is 0.941. The van der Waals surface area contributed by atoms with Crippen molar-refractivity contribution in [2.24, 2.45) is 16.9 Å². The molecule has 0 aliphatic rings. The standard InChI is InChI=1S/C34H68N2O2/c1-3-5-7-9-11-13-15-16-17-18-19-20-22-24-26-28-30-34(33(36)38,31-32(35)37)29-27-25-23-21-14-12-10-8-6-4-2/h3-31H2,1-2H3,(H2,35,37)(H2,36,38). The van der Waals surface area contributed by atoms with E-state index in [9.17, 15) is 9.59 Å². The Kier molecular flexibility index (Phi) is 26.7. The summed E-state index contributed by atoms with van der Waals surface area (Å²) in [5.41, 5.74) is 10.7. The zero-order chi connectivity index (χ0) is 28.2. The maximum Gasteiger partial charge on any atom is 0.224 e. The van der Waals surface area contributed by atoms with E-state index in [1.54, 1.807) is 0 Å². The van der Waals surface area contributed by atoms with Crippen molar-refractivity contribution in [3.05, 3.63) is 0 Å². The molecule has 38 heavy (non-hydrogen) atoms. The average molecular weight is 537 g/mol. The zero-order valence-corrected chi connectivity index (χ0v) is 26.0. The van der Waals surface area contributed by atoms with Gasteiger partial charge >= 0.3 is 0 Å². The molecule has 0 aromatic heterocycles. The van der Waals surface area contributed by atoms with E-state index in [0.29, 0.717) is 12.8 Å². The van der Waals surface area contributed by atoms with Crippen LogP contribution in [0, 0.1) is 5.41 Å². The number of unbranched alkanes of at least 4 members (excludes halogenated alkanes) is 24. The fourth-order valence-corrected chi connectivity index (χ4v) is 5.93. The molecule has 0 aliphatic heterocycles. The molecule has 4 nitrogen and oxygen atoms in total. The summed E-state index contributed by atoms with van der Waals surface area (Å²) < 4.78 is 0. The van der Waals surface area contributed by atoms with Crippen LogP contribution in [0.4, 0.5) is 0 Å². The predicted octanol–water partition coefficient (Wildman–Crippen LogP) is 10.3. The Morgan fingerprint density at radius 1 is 0.421 bits per heavy atom. The largest absolute Gasteiger partial charge is 0.370 e. The maximum absolute atomic E-state index is 12.5. The molecular weight excluding hydrogens is 468 g/mol. The van der Waals surface area contributed by atoms with Gasteiger partial charge in [-0.05, 0) is 12.8 Å². The first kappa shape index (κ1) is 36.9. The third-order valence-electron chi connectivity index (χ3n) is 8.55. The molecule has 1 atom stereocenters. The molecular formula is C34H68N2O2. The molecule has 0 radical (unpaired) electrons. The van der Waals surface area contributed by atoms with E-state index in [1.807, 2.05) is 0 Å². The zero-order valence-electron chi connectivity index (χ0n) is 26.0. The van der Waals surface area contributed by atoms with Crippen molar-refractivity contribution >= 4 is 11.8 Å². The second kappa shape index (κ2) is 27.5. The Balaban J connectivity index is 3.93. The Bertz CT molecular complexity index is 537. The average Bonchev–Trinajstić information content (AvgIpc) is 2.88. The summed E-state index contributed by atoms with van der Waals surface area (Å²) in [6.45, 7) is 4.53. The third-order valence-corrected chi connectivity index (χ3v) is 8.55. The summed E-state index contributed by atoms with van der Waals surface area (Å²) in [5, 5.41) is 0. The van der Waals surface area contributed by atoms with Gasteiger partial charge in [0.1, 0.15) is 0 Å². The highest BCUT2D eigenvalue weighted by atomic mass is 16.2. The van der Waals surface area contributed by atoms with Crippen molar-refractivity contribution in [3.8, 4) is 0 Å². The smallest absolute Gasteiger partial charge is 0.224 e. The van der Waals surface area contributed by atoms with Crippen molar-refractivity contribution < 1.29 is 9.59 Å². The molecule has 0 bridgehead atoms. The monoisotopic (exact) mass is 537 g/mol. The van der Waals surface area contributed by atoms with Gasteiger partial charge < -0.3 is 11.5 Å². The van der Waals surface area contributed by atoms with Crippen LogP contribution in [0.1, 0.15) is 200 Å². The van der Waals surface area contributed by atoms with Crippen LogP contribution in [-0.2, 0) is 9.59 Å². The molecule has 0 aliphatic carbocycles. The topological polar surface area (TPSA) is 86.2 Å². The van der Waals surface area contributed by atoms with Gasteiger partial charge in [-0.2, -0.15) is 0 Å². The molecule has 0 fully saturated rings. The minimum Gasteiger partial charge on any atom is -0.370 e. The Labute approximate surface area is 238 Å². The number of amides is 2. The minimum atomic E-state index is -0.734. The predicted molar refractivity (Wildman–Crippen MR) is 166 cm³/mol. The first-order valence-electron chi connectivity index (χ1n) is 17.1. The first-order chi connectivity index (χ1) is 18.5. The van der Waals surface area contributed by atoms with E-state index in [4.69, 9.17) is 11.5 Å². The minimum absolute atomic E-state index is 0.110. The Hall–Kier alpha value is -1.06. The molecule has 2 amide bonds. The van der Waals surface area contributed by atoms with Crippen LogP contribution < -0.4 is 11.5 Å². The van der Waals surface area contributed by atoms with Crippen LogP contribution in [-0.4, -0.2) is 11.8 Å². The molecule has 1 unspecified atom stereocenters. The van der Waals surface area contributed by atoms with E-state index in [-0.39, 0.29) is 12.3 Å². The third kappa shape index (κ3) is 22.9. The van der Waals surface area contributed by atoms with Crippen molar-refractivity contribution in [1.29, 1.82) is 0 Å². The summed E-state index contributed by atoms with van der Waals surface area (Å²) in [7, 11) is 0. The normalized spacial score (nSPS) is 13.0. The summed E-state index contributed by atoms with van der Waals surface area (Å²) in [6, 6.07) is 0. The summed E-state index contributed by atoms with van der Waals surface area (Å²) in [5.74, 6) is -0.722. The van der Waals surface area contributed by atoms with Crippen molar-refractivity contribution in [2.75, 3.05) is 0 Å². The quantitative estimate of drug-likeness (QED) is 0.0863. The van der Waals surface area contributed by atoms with Gasteiger partial charge in [-0.3, -0.25) is 9.59 Å². The van der Waals surface area contributed by atoms with Gasteiger partial charge in [0.15, 0.2) is 0 Å². The second-order valence-electron chi connectivity index (χ2n) is 12.3. The van der Waals surface area contributed by atoms with Gasteiger partial charge in [0.05, 0.1) is 5.41 Å². The van der Waals surface area contributed by atoms with E-state index in [0.717, 1.165) is 25.7 Å². The van der Waals surface area contributed by atoms with E-state index < -0.39 is 11.3 Å². The number of carbonyl (C=O) groups excluding carboxylic acids is 2. The van der Waals surface area contributed by atoms with Crippen LogP contribution in [0.25, 0.3) is 0 Å². The fourth-order valence-electron chi connectivity index (χ4n) is 5.93. The number of hydrogen-bond donors (Lipinski definition) is 2.